The van der Waals surface area contributed by atoms with E-state index in [2.05, 4.69) is 10.6 Å². The fourth-order valence-electron chi connectivity index (χ4n) is 4.35. The van der Waals surface area contributed by atoms with Crippen LogP contribution in [-0.4, -0.2) is 59.3 Å². The van der Waals surface area contributed by atoms with E-state index in [0.29, 0.717) is 49.5 Å². The first-order valence-electron chi connectivity index (χ1n) is 12.0. The Balaban J connectivity index is 1.32. The molecule has 4 amide bonds. The van der Waals surface area contributed by atoms with Gasteiger partial charge in [0, 0.05) is 37.4 Å². The van der Waals surface area contributed by atoms with Crippen LogP contribution in [0.1, 0.15) is 46.3 Å². The van der Waals surface area contributed by atoms with Gasteiger partial charge in [0.25, 0.3) is 5.91 Å². The number of para-hydroxylation sites is 1. The van der Waals surface area contributed by atoms with E-state index in [4.69, 9.17) is 9.40 Å². The lowest BCUT2D eigenvalue weighted by atomic mass is 9.89. The molecule has 0 saturated carbocycles. The molecule has 1 saturated heterocycles. The molecule has 1 fully saturated rings. The third kappa shape index (κ3) is 6.29. The Labute approximate surface area is 210 Å². The fourth-order valence-corrected chi connectivity index (χ4v) is 4.35. The summed E-state index contributed by atoms with van der Waals surface area (Å²) in [5, 5.41) is 5.32. The fraction of sp³-hybridized carbons (Fsp3) is 0.333. The number of carbonyl (C=O) groups is 3. The molecule has 2 aromatic heterocycles. The molecule has 0 bridgehead atoms. The van der Waals surface area contributed by atoms with Crippen LogP contribution in [0.5, 0.6) is 0 Å². The minimum Gasteiger partial charge on any atom is -0.467 e. The summed E-state index contributed by atoms with van der Waals surface area (Å²) >= 11 is 0. The number of benzene rings is 1. The second-order valence-corrected chi connectivity index (χ2v) is 8.95. The summed E-state index contributed by atoms with van der Waals surface area (Å²) < 4.78 is 5.38. The first kappa shape index (κ1) is 25.0. The molecule has 1 aliphatic heterocycles. The van der Waals surface area contributed by atoms with Crippen molar-refractivity contribution in [3.63, 3.8) is 0 Å². The van der Waals surface area contributed by atoms with Crippen LogP contribution in [0, 0.1) is 6.92 Å². The third-order valence-corrected chi connectivity index (χ3v) is 6.28. The normalized spacial score (nSPS) is 13.8. The van der Waals surface area contributed by atoms with E-state index in [1.54, 1.807) is 41.3 Å². The number of hydrogen-bond acceptors (Lipinski definition) is 5. The molecule has 0 unspecified atom stereocenters. The van der Waals surface area contributed by atoms with Gasteiger partial charge in [-0.15, -0.1) is 0 Å². The zero-order valence-corrected chi connectivity index (χ0v) is 20.6. The first-order valence-corrected chi connectivity index (χ1v) is 12.0. The quantitative estimate of drug-likeness (QED) is 0.525. The highest BCUT2D eigenvalue weighted by molar-refractivity contribution is 5.95. The second kappa shape index (κ2) is 11.5. The zero-order chi connectivity index (χ0) is 25.5. The van der Waals surface area contributed by atoms with Crippen LogP contribution in [0.2, 0.25) is 0 Å². The molecule has 0 spiro atoms. The first-order chi connectivity index (χ1) is 17.4. The van der Waals surface area contributed by atoms with Crippen LogP contribution in [0.3, 0.4) is 0 Å². The predicted octanol–water partition coefficient (Wildman–Crippen LogP) is 3.78. The highest BCUT2D eigenvalue weighted by atomic mass is 16.3. The standard InChI is InChI=1S/C27H31N5O4/c1-19-10-11-23(26(34)31(2)18-22-9-6-16-36-22)25(29-19)20-12-14-32(15-13-20)24(33)17-28-27(35)30-21-7-4-3-5-8-21/h3-11,16,20H,12-15,17-18H2,1-2H3,(H2,28,30,35). The second-order valence-electron chi connectivity index (χ2n) is 8.95. The van der Waals surface area contributed by atoms with E-state index in [-0.39, 0.29) is 24.3 Å². The van der Waals surface area contributed by atoms with Gasteiger partial charge >= 0.3 is 6.03 Å². The number of aromatic nitrogens is 1. The Bertz CT molecular complexity index is 1190. The molecule has 3 aromatic rings. The van der Waals surface area contributed by atoms with Crippen LogP contribution >= 0.6 is 0 Å². The van der Waals surface area contributed by atoms with Crippen molar-refractivity contribution in [3.8, 4) is 0 Å². The topological polar surface area (TPSA) is 108 Å². The average Bonchev–Trinajstić information content (AvgIpc) is 3.40. The molecule has 3 heterocycles. The van der Waals surface area contributed by atoms with Crippen LogP contribution in [0.4, 0.5) is 10.5 Å². The molecule has 4 rings (SSSR count). The van der Waals surface area contributed by atoms with Gasteiger partial charge in [0.05, 0.1) is 30.6 Å². The summed E-state index contributed by atoms with van der Waals surface area (Å²) in [7, 11) is 1.75. The number of furan rings is 1. The number of pyridine rings is 1. The minimum absolute atomic E-state index is 0.0688. The lowest BCUT2D eigenvalue weighted by Gasteiger charge is -2.33. The molecule has 0 aliphatic carbocycles. The number of hydrogen-bond donors (Lipinski definition) is 2. The Kier molecular flexibility index (Phi) is 7.99. The average molecular weight is 490 g/mol. The number of rotatable bonds is 7. The summed E-state index contributed by atoms with van der Waals surface area (Å²) in [6.45, 7) is 3.29. The van der Waals surface area contributed by atoms with E-state index in [1.165, 1.54) is 0 Å². The molecule has 9 heteroatoms. The summed E-state index contributed by atoms with van der Waals surface area (Å²) in [4.78, 5) is 46.1. The van der Waals surface area contributed by atoms with Crippen LogP contribution in [0.25, 0.3) is 0 Å². The molecular weight excluding hydrogens is 458 g/mol. The van der Waals surface area contributed by atoms with Crippen LogP contribution in [-0.2, 0) is 11.3 Å². The third-order valence-electron chi connectivity index (χ3n) is 6.28. The Morgan fingerprint density at radius 2 is 1.81 bits per heavy atom. The van der Waals surface area contributed by atoms with Gasteiger partial charge in [-0.25, -0.2) is 4.79 Å². The molecule has 9 nitrogen and oxygen atoms in total. The van der Waals surface area contributed by atoms with Crippen molar-refractivity contribution in [1.29, 1.82) is 0 Å². The number of amides is 4. The molecule has 0 radical (unpaired) electrons. The lowest BCUT2D eigenvalue weighted by Crippen LogP contribution is -2.44. The Hall–Kier alpha value is -4.14. The number of anilines is 1. The zero-order valence-electron chi connectivity index (χ0n) is 20.6. The maximum Gasteiger partial charge on any atom is 0.319 e. The summed E-state index contributed by atoms with van der Waals surface area (Å²) in [6, 6.07) is 16.0. The van der Waals surface area contributed by atoms with Gasteiger partial charge in [0.1, 0.15) is 5.76 Å². The smallest absolute Gasteiger partial charge is 0.319 e. The lowest BCUT2D eigenvalue weighted by molar-refractivity contribution is -0.131. The van der Waals surface area contributed by atoms with Gasteiger partial charge in [0.2, 0.25) is 5.91 Å². The van der Waals surface area contributed by atoms with E-state index >= 15 is 0 Å². The van der Waals surface area contributed by atoms with E-state index in [9.17, 15) is 14.4 Å². The number of piperidine rings is 1. The molecular formula is C27H31N5O4. The van der Waals surface area contributed by atoms with Gasteiger partial charge in [-0.05, 0) is 56.2 Å². The van der Waals surface area contributed by atoms with Gasteiger partial charge < -0.3 is 24.9 Å². The predicted molar refractivity (Wildman–Crippen MR) is 135 cm³/mol. The van der Waals surface area contributed by atoms with Crippen molar-refractivity contribution >= 4 is 23.5 Å². The molecule has 36 heavy (non-hydrogen) atoms. The largest absolute Gasteiger partial charge is 0.467 e. The number of urea groups is 1. The monoisotopic (exact) mass is 489 g/mol. The number of likely N-dealkylation sites (tertiary alicyclic amines) is 1. The number of nitrogens with one attached hydrogen (secondary N) is 2. The van der Waals surface area contributed by atoms with Crippen molar-refractivity contribution in [3.05, 3.63) is 83.6 Å². The highest BCUT2D eigenvalue weighted by Crippen LogP contribution is 2.30. The summed E-state index contributed by atoms with van der Waals surface area (Å²) in [5.74, 6) is 0.536. The maximum absolute atomic E-state index is 13.2. The number of aryl methyl sites for hydroxylation is 1. The molecule has 1 aromatic carbocycles. The van der Waals surface area contributed by atoms with Gasteiger partial charge in [0.15, 0.2) is 0 Å². The number of nitrogens with zero attached hydrogens (tertiary/aromatic N) is 3. The van der Waals surface area contributed by atoms with Crippen molar-refractivity contribution in [2.45, 2.75) is 32.2 Å². The Morgan fingerprint density at radius 1 is 1.06 bits per heavy atom. The van der Waals surface area contributed by atoms with E-state index in [0.717, 1.165) is 11.4 Å². The molecule has 1 aliphatic rings. The number of carbonyl (C=O) groups excluding carboxylic acids is 3. The van der Waals surface area contributed by atoms with E-state index in [1.807, 2.05) is 43.3 Å². The van der Waals surface area contributed by atoms with Crippen molar-refractivity contribution in [2.75, 3.05) is 32.0 Å². The Morgan fingerprint density at radius 3 is 2.50 bits per heavy atom. The van der Waals surface area contributed by atoms with Crippen molar-refractivity contribution < 1.29 is 18.8 Å². The van der Waals surface area contributed by atoms with Gasteiger partial charge in [-0.3, -0.25) is 14.6 Å². The SMILES string of the molecule is Cc1ccc(C(=O)N(C)Cc2ccco2)c(C2CCN(C(=O)CNC(=O)Nc3ccccc3)CC2)n1. The molecule has 0 atom stereocenters. The van der Waals surface area contributed by atoms with E-state index < -0.39 is 6.03 Å². The minimum atomic E-state index is -0.421. The highest BCUT2D eigenvalue weighted by Gasteiger charge is 2.29. The van der Waals surface area contributed by atoms with Crippen molar-refractivity contribution in [2.24, 2.45) is 0 Å². The van der Waals surface area contributed by atoms with Gasteiger partial charge in [-0.2, -0.15) is 0 Å². The van der Waals surface area contributed by atoms with Gasteiger partial charge in [-0.1, -0.05) is 18.2 Å². The maximum atomic E-state index is 13.2. The van der Waals surface area contributed by atoms with Crippen molar-refractivity contribution in [1.82, 2.24) is 20.1 Å². The molecule has 2 N–H and O–H groups in total. The summed E-state index contributed by atoms with van der Waals surface area (Å²) in [6.07, 6.45) is 2.98. The molecule has 188 valence electrons. The van der Waals surface area contributed by atoms with Crippen LogP contribution in [0.15, 0.2) is 65.3 Å². The van der Waals surface area contributed by atoms with Crippen LogP contribution < -0.4 is 10.6 Å². The summed E-state index contributed by atoms with van der Waals surface area (Å²) in [5.41, 5.74) is 2.87.